The highest BCUT2D eigenvalue weighted by molar-refractivity contribution is 6.30. The van der Waals surface area contributed by atoms with Crippen LogP contribution in [-0.4, -0.2) is 23.0 Å². The molecule has 0 radical (unpaired) electrons. The van der Waals surface area contributed by atoms with Crippen LogP contribution in [-0.2, 0) is 9.53 Å². The molecule has 0 aromatic heterocycles. The fourth-order valence-corrected chi connectivity index (χ4v) is 4.22. The lowest BCUT2D eigenvalue weighted by Gasteiger charge is -2.46. The van der Waals surface area contributed by atoms with Gasteiger partial charge in [0.05, 0.1) is 12.1 Å². The minimum absolute atomic E-state index is 0.201. The second-order valence-corrected chi connectivity index (χ2v) is 8.17. The third-order valence-corrected chi connectivity index (χ3v) is 5.73. The summed E-state index contributed by atoms with van der Waals surface area (Å²) < 4.78 is 6.32. The zero-order valence-corrected chi connectivity index (χ0v) is 18.3. The van der Waals surface area contributed by atoms with Crippen LogP contribution in [0.2, 0.25) is 10.0 Å². The molecular formula is C24H24Cl2N2O2. The number of hydrogen-bond donors (Lipinski definition) is 0. The molecule has 0 spiro atoms. The Balaban J connectivity index is 2.17. The Morgan fingerprint density at radius 3 is 2.53 bits per heavy atom. The summed E-state index contributed by atoms with van der Waals surface area (Å²) in [7, 11) is 0. The summed E-state index contributed by atoms with van der Waals surface area (Å²) >= 11 is 12.4. The van der Waals surface area contributed by atoms with Crippen LogP contribution in [0.1, 0.15) is 49.5 Å². The largest absolute Gasteiger partial charge is 0.358 e. The van der Waals surface area contributed by atoms with E-state index in [9.17, 15) is 10.1 Å². The van der Waals surface area contributed by atoms with E-state index in [0.717, 1.165) is 17.5 Å². The quantitative estimate of drug-likeness (QED) is 0.474. The Morgan fingerprint density at radius 1 is 1.20 bits per heavy atom. The summed E-state index contributed by atoms with van der Waals surface area (Å²) in [6.07, 6.45) is 2.20. The van der Waals surface area contributed by atoms with Gasteiger partial charge in [0.15, 0.2) is 0 Å². The summed E-state index contributed by atoms with van der Waals surface area (Å²) in [5.74, 6) is -0.201. The van der Waals surface area contributed by atoms with Crippen LogP contribution >= 0.6 is 23.2 Å². The van der Waals surface area contributed by atoms with Crippen molar-refractivity contribution in [3.63, 3.8) is 0 Å². The molecule has 0 saturated carbocycles. The molecule has 3 rings (SSSR count). The summed E-state index contributed by atoms with van der Waals surface area (Å²) in [4.78, 5) is 15.1. The molecule has 156 valence electrons. The summed E-state index contributed by atoms with van der Waals surface area (Å²) in [5, 5.41) is 11.1. The molecule has 1 aliphatic heterocycles. The molecule has 1 saturated heterocycles. The highest BCUT2D eigenvalue weighted by Gasteiger charge is 2.46. The van der Waals surface area contributed by atoms with Gasteiger partial charge in [-0.2, -0.15) is 5.26 Å². The molecule has 6 heteroatoms. The Hall–Kier alpha value is -2.32. The number of halogens is 2. The third-order valence-electron chi connectivity index (χ3n) is 5.24. The van der Waals surface area contributed by atoms with Gasteiger partial charge in [0.1, 0.15) is 18.2 Å². The maximum atomic E-state index is 13.4. The van der Waals surface area contributed by atoms with Gasteiger partial charge in [-0.15, -0.1) is 6.58 Å². The molecule has 1 aliphatic rings. The lowest BCUT2D eigenvalue weighted by molar-refractivity contribution is -0.176. The summed E-state index contributed by atoms with van der Waals surface area (Å²) in [6.45, 7) is 5.77. The SMILES string of the molecule is C=CC[C@@H]1O[C@@H](c2cccc(Cl)c2)[C@@H](c2ccc(Cl)cc2)N([C@H](C#N)CCC)C1=O. The van der Waals surface area contributed by atoms with E-state index in [1.807, 2.05) is 37.3 Å². The van der Waals surface area contributed by atoms with E-state index >= 15 is 0 Å². The number of ether oxygens (including phenoxy) is 1. The van der Waals surface area contributed by atoms with E-state index < -0.39 is 24.3 Å². The zero-order chi connectivity index (χ0) is 21.7. The first-order valence-electron chi connectivity index (χ1n) is 9.99. The van der Waals surface area contributed by atoms with E-state index in [1.165, 1.54) is 0 Å². The average Bonchev–Trinajstić information content (AvgIpc) is 2.74. The van der Waals surface area contributed by atoms with Crippen LogP contribution in [0.25, 0.3) is 0 Å². The van der Waals surface area contributed by atoms with Gasteiger partial charge >= 0.3 is 0 Å². The summed E-state index contributed by atoms with van der Waals surface area (Å²) in [6, 6.07) is 16.0. The molecule has 4 nitrogen and oxygen atoms in total. The van der Waals surface area contributed by atoms with Crippen LogP contribution in [0.15, 0.2) is 61.2 Å². The maximum Gasteiger partial charge on any atom is 0.253 e. The molecule has 4 atom stereocenters. The van der Waals surface area contributed by atoms with E-state index in [2.05, 4.69) is 12.6 Å². The maximum absolute atomic E-state index is 13.4. The predicted molar refractivity (Wildman–Crippen MR) is 119 cm³/mol. The predicted octanol–water partition coefficient (Wildman–Crippen LogP) is 6.27. The molecule has 1 fully saturated rings. The Bertz CT molecular complexity index is 939. The van der Waals surface area contributed by atoms with Gasteiger partial charge in [-0.3, -0.25) is 4.79 Å². The van der Waals surface area contributed by atoms with Crippen molar-refractivity contribution in [3.05, 3.63) is 82.4 Å². The first-order valence-corrected chi connectivity index (χ1v) is 10.7. The van der Waals surface area contributed by atoms with Gasteiger partial charge in [-0.25, -0.2) is 0 Å². The lowest BCUT2D eigenvalue weighted by atomic mass is 9.89. The first-order chi connectivity index (χ1) is 14.5. The smallest absolute Gasteiger partial charge is 0.253 e. The van der Waals surface area contributed by atoms with Crippen molar-refractivity contribution in [3.8, 4) is 6.07 Å². The monoisotopic (exact) mass is 442 g/mol. The highest BCUT2D eigenvalue weighted by atomic mass is 35.5. The van der Waals surface area contributed by atoms with E-state index in [1.54, 1.807) is 29.2 Å². The van der Waals surface area contributed by atoms with E-state index in [4.69, 9.17) is 27.9 Å². The molecule has 0 aliphatic carbocycles. The number of morpholine rings is 1. The number of carbonyl (C=O) groups excluding carboxylic acids is 1. The van der Waals surface area contributed by atoms with Crippen LogP contribution in [0.3, 0.4) is 0 Å². The van der Waals surface area contributed by atoms with Gasteiger partial charge in [-0.1, -0.05) is 66.9 Å². The van der Waals surface area contributed by atoms with E-state index in [0.29, 0.717) is 22.9 Å². The number of nitriles is 1. The molecule has 1 amide bonds. The second kappa shape index (κ2) is 10.1. The molecule has 0 bridgehead atoms. The zero-order valence-electron chi connectivity index (χ0n) is 16.8. The first kappa shape index (κ1) is 22.4. The Labute approximate surface area is 187 Å². The third kappa shape index (κ3) is 4.70. The second-order valence-electron chi connectivity index (χ2n) is 7.30. The number of amides is 1. The van der Waals surface area contributed by atoms with Crippen molar-refractivity contribution in [2.75, 3.05) is 0 Å². The van der Waals surface area contributed by atoms with Crippen molar-refractivity contribution in [1.82, 2.24) is 4.90 Å². The van der Waals surface area contributed by atoms with Crippen LogP contribution in [0.4, 0.5) is 0 Å². The van der Waals surface area contributed by atoms with Gasteiger partial charge in [-0.05, 0) is 41.8 Å². The van der Waals surface area contributed by atoms with Crippen molar-refractivity contribution in [2.45, 2.75) is 50.5 Å². The fraction of sp³-hybridized carbons (Fsp3) is 0.333. The minimum Gasteiger partial charge on any atom is -0.358 e. The van der Waals surface area contributed by atoms with Crippen molar-refractivity contribution in [1.29, 1.82) is 5.26 Å². The molecule has 2 aromatic carbocycles. The Kier molecular flexibility index (Phi) is 7.55. The van der Waals surface area contributed by atoms with Gasteiger partial charge in [0.25, 0.3) is 5.91 Å². The molecule has 30 heavy (non-hydrogen) atoms. The number of rotatable bonds is 7. The standard InChI is InChI=1S/C24H24Cl2N2O2/c1-3-6-20(15-27)28-22(16-10-12-18(25)13-11-16)23(17-8-5-9-19(26)14-17)30-21(7-4-2)24(28)29/h4-5,8-14,20-23H,2-3,6-7H2,1H3/t20-,21-,22+,23-/m0/s1. The minimum atomic E-state index is -0.706. The number of hydrogen-bond acceptors (Lipinski definition) is 3. The molecule has 1 heterocycles. The van der Waals surface area contributed by atoms with Crippen LogP contribution < -0.4 is 0 Å². The van der Waals surface area contributed by atoms with Crippen molar-refractivity contribution in [2.24, 2.45) is 0 Å². The van der Waals surface area contributed by atoms with Crippen LogP contribution in [0, 0.1) is 11.3 Å². The van der Waals surface area contributed by atoms with Crippen molar-refractivity contribution >= 4 is 29.1 Å². The highest BCUT2D eigenvalue weighted by Crippen LogP contribution is 2.44. The number of carbonyl (C=O) groups is 1. The lowest BCUT2D eigenvalue weighted by Crippen LogP contribution is -2.54. The van der Waals surface area contributed by atoms with Crippen molar-refractivity contribution < 1.29 is 9.53 Å². The molecular weight excluding hydrogens is 419 g/mol. The van der Waals surface area contributed by atoms with Crippen LogP contribution in [0.5, 0.6) is 0 Å². The van der Waals surface area contributed by atoms with Gasteiger partial charge in [0, 0.05) is 16.5 Å². The Morgan fingerprint density at radius 2 is 1.93 bits per heavy atom. The van der Waals surface area contributed by atoms with Gasteiger partial charge in [0.2, 0.25) is 0 Å². The average molecular weight is 443 g/mol. The fourth-order valence-electron chi connectivity index (χ4n) is 3.89. The van der Waals surface area contributed by atoms with E-state index in [-0.39, 0.29) is 5.91 Å². The molecule has 0 unspecified atom stereocenters. The number of nitrogens with zero attached hydrogens (tertiary/aromatic N) is 2. The topological polar surface area (TPSA) is 53.3 Å². The number of benzene rings is 2. The normalized spacial score (nSPS) is 22.4. The molecule has 0 N–H and O–H groups in total. The van der Waals surface area contributed by atoms with Gasteiger partial charge < -0.3 is 9.64 Å². The summed E-state index contributed by atoms with van der Waals surface area (Å²) in [5.41, 5.74) is 1.70. The molecule has 2 aromatic rings.